The molecule has 0 aromatic heterocycles. The summed E-state index contributed by atoms with van der Waals surface area (Å²) in [6.07, 6.45) is 0. The Kier molecular flexibility index (Phi) is 10.1. The van der Waals surface area contributed by atoms with E-state index in [2.05, 4.69) is 5.32 Å². The van der Waals surface area contributed by atoms with Crippen molar-refractivity contribution >= 4 is 27.5 Å². The predicted molar refractivity (Wildman–Crippen MR) is 150 cm³/mol. The average Bonchev–Trinajstić information content (AvgIpc) is 2.94. The Morgan fingerprint density at radius 3 is 2.10 bits per heavy atom. The zero-order chi connectivity index (χ0) is 29.4. The first-order valence-electron chi connectivity index (χ1n) is 12.6. The van der Waals surface area contributed by atoms with E-state index in [0.29, 0.717) is 17.1 Å². The van der Waals surface area contributed by atoms with E-state index in [1.165, 1.54) is 55.5 Å². The molecule has 0 aliphatic heterocycles. The van der Waals surface area contributed by atoms with Gasteiger partial charge in [0.1, 0.15) is 29.9 Å². The Balaban J connectivity index is 2.03. The molecule has 11 heteroatoms. The van der Waals surface area contributed by atoms with Gasteiger partial charge in [0.05, 0.1) is 24.8 Å². The number of sulfonamides is 1. The highest BCUT2D eigenvalue weighted by molar-refractivity contribution is 7.92. The molecule has 40 heavy (non-hydrogen) atoms. The van der Waals surface area contributed by atoms with Crippen molar-refractivity contribution in [2.75, 3.05) is 25.1 Å². The molecule has 0 saturated heterocycles. The molecule has 0 bridgehead atoms. The van der Waals surface area contributed by atoms with E-state index in [0.717, 1.165) is 16.4 Å². The predicted octanol–water partition coefficient (Wildman–Crippen LogP) is 3.98. The van der Waals surface area contributed by atoms with E-state index in [1.807, 2.05) is 0 Å². The van der Waals surface area contributed by atoms with Crippen LogP contribution >= 0.6 is 0 Å². The average molecular weight is 572 g/mol. The van der Waals surface area contributed by atoms with Gasteiger partial charge in [-0.15, -0.1) is 0 Å². The summed E-state index contributed by atoms with van der Waals surface area (Å²) < 4.78 is 52.6. The van der Waals surface area contributed by atoms with Crippen molar-refractivity contribution in [1.29, 1.82) is 0 Å². The number of amides is 2. The SMILES string of the molecule is COc1ccc(S(=O)(=O)N(CC(=O)N(Cc2cccc(OC)c2)C(C)C(=O)NC(C)C)c2ccc(F)cc2)cc1. The molecule has 3 rings (SSSR count). The molecular weight excluding hydrogens is 537 g/mol. The lowest BCUT2D eigenvalue weighted by molar-refractivity contribution is -0.139. The lowest BCUT2D eigenvalue weighted by Crippen LogP contribution is -2.52. The van der Waals surface area contributed by atoms with E-state index in [-0.39, 0.29) is 23.2 Å². The third-order valence-corrected chi connectivity index (χ3v) is 7.91. The summed E-state index contributed by atoms with van der Waals surface area (Å²) in [6.45, 7) is 4.56. The summed E-state index contributed by atoms with van der Waals surface area (Å²) in [5.74, 6) is -0.555. The van der Waals surface area contributed by atoms with Gasteiger partial charge in [0.25, 0.3) is 10.0 Å². The van der Waals surface area contributed by atoms with Crippen LogP contribution in [-0.2, 0) is 26.2 Å². The highest BCUT2D eigenvalue weighted by Gasteiger charge is 2.32. The Labute approximate surface area is 234 Å². The van der Waals surface area contributed by atoms with Gasteiger partial charge in [0, 0.05) is 12.6 Å². The number of methoxy groups -OCH3 is 2. The number of hydrogen-bond donors (Lipinski definition) is 1. The summed E-state index contributed by atoms with van der Waals surface area (Å²) in [5, 5.41) is 2.80. The fourth-order valence-corrected chi connectivity index (χ4v) is 5.38. The molecule has 214 valence electrons. The van der Waals surface area contributed by atoms with E-state index in [4.69, 9.17) is 9.47 Å². The lowest BCUT2D eigenvalue weighted by atomic mass is 10.1. The van der Waals surface area contributed by atoms with Gasteiger partial charge < -0.3 is 19.7 Å². The summed E-state index contributed by atoms with van der Waals surface area (Å²) in [6, 6.07) is 16.4. The molecule has 9 nitrogen and oxygen atoms in total. The van der Waals surface area contributed by atoms with Crippen LogP contribution in [-0.4, -0.2) is 58.0 Å². The van der Waals surface area contributed by atoms with Crippen molar-refractivity contribution in [3.8, 4) is 11.5 Å². The Bertz CT molecular complexity index is 1410. The molecule has 0 aliphatic carbocycles. The fourth-order valence-electron chi connectivity index (χ4n) is 3.97. The molecule has 0 saturated carbocycles. The van der Waals surface area contributed by atoms with Gasteiger partial charge in [0.2, 0.25) is 11.8 Å². The minimum Gasteiger partial charge on any atom is -0.497 e. The summed E-state index contributed by atoms with van der Waals surface area (Å²) in [5.41, 5.74) is 0.773. The molecular formula is C29H34FN3O6S. The van der Waals surface area contributed by atoms with E-state index in [9.17, 15) is 22.4 Å². The molecule has 1 unspecified atom stereocenters. The van der Waals surface area contributed by atoms with Crippen molar-refractivity contribution in [3.63, 3.8) is 0 Å². The molecule has 0 aliphatic rings. The number of halogens is 1. The number of nitrogens with one attached hydrogen (secondary N) is 1. The van der Waals surface area contributed by atoms with Crippen molar-refractivity contribution in [2.45, 2.75) is 44.3 Å². The smallest absolute Gasteiger partial charge is 0.264 e. The van der Waals surface area contributed by atoms with Gasteiger partial charge in [-0.05, 0) is 87.0 Å². The number of anilines is 1. The maximum Gasteiger partial charge on any atom is 0.264 e. The number of carbonyl (C=O) groups is 2. The van der Waals surface area contributed by atoms with Crippen molar-refractivity contribution < 1.29 is 31.9 Å². The van der Waals surface area contributed by atoms with E-state index >= 15 is 0 Å². The van der Waals surface area contributed by atoms with Crippen molar-refractivity contribution in [2.24, 2.45) is 0 Å². The topological polar surface area (TPSA) is 105 Å². The first-order chi connectivity index (χ1) is 19.0. The molecule has 1 N–H and O–H groups in total. The van der Waals surface area contributed by atoms with Crippen molar-refractivity contribution in [1.82, 2.24) is 10.2 Å². The van der Waals surface area contributed by atoms with Crippen LogP contribution in [0.5, 0.6) is 11.5 Å². The minimum atomic E-state index is -4.28. The summed E-state index contributed by atoms with van der Waals surface area (Å²) in [7, 11) is -1.30. The van der Waals surface area contributed by atoms with Gasteiger partial charge in [-0.25, -0.2) is 12.8 Å². The third kappa shape index (κ3) is 7.50. The number of ether oxygens (including phenoxy) is 2. The second-order valence-corrected chi connectivity index (χ2v) is 11.2. The molecule has 3 aromatic rings. The molecule has 0 fully saturated rings. The number of nitrogens with zero attached hydrogens (tertiary/aromatic N) is 2. The number of benzene rings is 3. The van der Waals surface area contributed by atoms with Crippen molar-refractivity contribution in [3.05, 3.63) is 84.2 Å². The molecule has 0 spiro atoms. The Hall–Kier alpha value is -4.12. The number of rotatable bonds is 12. The lowest BCUT2D eigenvalue weighted by Gasteiger charge is -2.32. The maximum atomic E-state index is 13.9. The third-order valence-electron chi connectivity index (χ3n) is 6.13. The molecule has 3 aromatic carbocycles. The van der Waals surface area contributed by atoms with Crippen LogP contribution in [0.15, 0.2) is 77.7 Å². The molecule has 0 heterocycles. The maximum absolute atomic E-state index is 13.9. The summed E-state index contributed by atoms with van der Waals surface area (Å²) >= 11 is 0. The molecule has 1 atom stereocenters. The Morgan fingerprint density at radius 1 is 0.900 bits per heavy atom. The van der Waals surface area contributed by atoms with Crippen LogP contribution in [0.4, 0.5) is 10.1 Å². The Morgan fingerprint density at radius 2 is 1.52 bits per heavy atom. The quantitative estimate of drug-likeness (QED) is 0.353. The largest absolute Gasteiger partial charge is 0.497 e. The number of carbonyl (C=O) groups excluding carboxylic acids is 2. The second-order valence-electron chi connectivity index (χ2n) is 9.38. The molecule has 2 amide bonds. The van der Waals surface area contributed by atoms with Gasteiger partial charge in [-0.1, -0.05) is 12.1 Å². The normalized spacial score (nSPS) is 12.0. The van der Waals surface area contributed by atoms with Gasteiger partial charge in [0.15, 0.2) is 0 Å². The highest BCUT2D eigenvalue weighted by atomic mass is 32.2. The minimum absolute atomic E-state index is 0.0164. The van der Waals surface area contributed by atoms with Crippen LogP contribution in [0.2, 0.25) is 0 Å². The zero-order valence-corrected chi connectivity index (χ0v) is 23.9. The standard InChI is InChI=1S/C29H34FN3O6S/c1-20(2)31-29(35)21(3)32(18-22-7-6-8-26(17-22)39-5)28(34)19-33(24-11-9-23(30)10-12-24)40(36,37)27-15-13-25(38-4)14-16-27/h6-17,20-21H,18-19H2,1-5H3,(H,31,35). The molecule has 0 radical (unpaired) electrons. The van der Waals surface area contributed by atoms with Gasteiger partial charge in [-0.3, -0.25) is 13.9 Å². The van der Waals surface area contributed by atoms with Crippen LogP contribution in [0.1, 0.15) is 26.3 Å². The van der Waals surface area contributed by atoms with Gasteiger partial charge in [-0.2, -0.15) is 0 Å². The highest BCUT2D eigenvalue weighted by Crippen LogP contribution is 2.26. The first kappa shape index (κ1) is 30.4. The number of hydrogen-bond acceptors (Lipinski definition) is 6. The van der Waals surface area contributed by atoms with Crippen LogP contribution in [0.3, 0.4) is 0 Å². The van der Waals surface area contributed by atoms with E-state index in [1.54, 1.807) is 45.0 Å². The zero-order valence-electron chi connectivity index (χ0n) is 23.1. The first-order valence-corrected chi connectivity index (χ1v) is 14.1. The van der Waals surface area contributed by atoms with Crippen LogP contribution in [0.25, 0.3) is 0 Å². The van der Waals surface area contributed by atoms with Crippen LogP contribution < -0.4 is 19.1 Å². The summed E-state index contributed by atoms with van der Waals surface area (Å²) in [4.78, 5) is 28.1. The fraction of sp³-hybridized carbons (Fsp3) is 0.310. The monoisotopic (exact) mass is 571 g/mol. The van der Waals surface area contributed by atoms with E-state index < -0.39 is 40.2 Å². The van der Waals surface area contributed by atoms with Gasteiger partial charge >= 0.3 is 0 Å². The second kappa shape index (κ2) is 13.3. The van der Waals surface area contributed by atoms with Crippen LogP contribution in [0, 0.1) is 5.82 Å².